The predicted molar refractivity (Wildman–Crippen MR) is 42.8 cm³/mol. The van der Waals surface area contributed by atoms with E-state index < -0.39 is 0 Å². The maximum atomic E-state index is 11.5. The zero-order valence-electron chi connectivity index (χ0n) is 6.19. The fraction of sp³-hybridized carbons (Fsp3) is 1.00. The van der Waals surface area contributed by atoms with Crippen molar-refractivity contribution < 1.29 is 4.39 Å². The highest BCUT2D eigenvalue weighted by atomic mass is 32.2. The molecule has 9 heavy (non-hydrogen) atoms. The van der Waals surface area contributed by atoms with E-state index >= 15 is 0 Å². The van der Waals surface area contributed by atoms with Crippen molar-refractivity contribution in [1.82, 2.24) is 0 Å². The van der Waals surface area contributed by atoms with E-state index in [1.54, 1.807) is 11.8 Å². The zero-order chi connectivity index (χ0) is 7.11. The lowest BCUT2D eigenvalue weighted by Crippen LogP contribution is -1.96. The number of rotatable bonds is 5. The summed E-state index contributed by atoms with van der Waals surface area (Å²) in [5, 5.41) is 0. The molecule has 0 N–H and O–H groups in total. The van der Waals surface area contributed by atoms with Gasteiger partial charge in [0.2, 0.25) is 0 Å². The Kier molecular flexibility index (Phi) is 6.60. The van der Waals surface area contributed by atoms with Crippen LogP contribution in [0, 0.1) is 5.92 Å². The number of hydrogen-bond acceptors (Lipinski definition) is 1. The molecule has 0 amide bonds. The summed E-state index contributed by atoms with van der Waals surface area (Å²) in [6.45, 7) is 4.19. The highest BCUT2D eigenvalue weighted by Gasteiger charge is 1.96. The maximum Gasteiger partial charge on any atom is 0.0984 e. The first kappa shape index (κ1) is 9.28. The van der Waals surface area contributed by atoms with Crippen LogP contribution in [0.2, 0.25) is 0 Å². The molecule has 0 nitrogen and oxygen atoms in total. The number of alkyl halides is 1. The van der Waals surface area contributed by atoms with Crippen LogP contribution in [-0.4, -0.2) is 18.2 Å². The molecular formula is C7H15FS. The van der Waals surface area contributed by atoms with Gasteiger partial charge in [-0.1, -0.05) is 20.3 Å². The fourth-order valence-corrected chi connectivity index (χ4v) is 1.37. The van der Waals surface area contributed by atoms with Crippen molar-refractivity contribution in [2.24, 2.45) is 5.92 Å². The molecule has 0 saturated heterocycles. The van der Waals surface area contributed by atoms with Gasteiger partial charge in [-0.05, 0) is 11.7 Å². The van der Waals surface area contributed by atoms with Gasteiger partial charge >= 0.3 is 0 Å². The minimum absolute atomic E-state index is 0.179. The van der Waals surface area contributed by atoms with Crippen molar-refractivity contribution >= 4 is 11.8 Å². The summed E-state index contributed by atoms with van der Waals surface area (Å²) in [6, 6.07) is 0. The van der Waals surface area contributed by atoms with Crippen molar-refractivity contribution in [1.29, 1.82) is 0 Å². The van der Waals surface area contributed by atoms with Gasteiger partial charge in [-0.2, -0.15) is 11.8 Å². The Morgan fingerprint density at radius 2 is 2.22 bits per heavy atom. The molecular weight excluding hydrogens is 135 g/mol. The highest BCUT2D eigenvalue weighted by Crippen LogP contribution is 2.10. The van der Waals surface area contributed by atoms with Gasteiger partial charge in [-0.25, -0.2) is 0 Å². The molecule has 0 aromatic carbocycles. The van der Waals surface area contributed by atoms with Crippen LogP contribution in [0.5, 0.6) is 0 Å². The number of halogens is 1. The first-order valence-corrected chi connectivity index (χ1v) is 4.60. The van der Waals surface area contributed by atoms with E-state index in [2.05, 4.69) is 13.8 Å². The monoisotopic (exact) mass is 150 g/mol. The van der Waals surface area contributed by atoms with E-state index in [4.69, 9.17) is 0 Å². The normalized spacial score (nSPS) is 13.7. The van der Waals surface area contributed by atoms with Gasteiger partial charge in [0.25, 0.3) is 0 Å². The summed E-state index contributed by atoms with van der Waals surface area (Å²) >= 11 is 1.71. The zero-order valence-corrected chi connectivity index (χ0v) is 7.01. The van der Waals surface area contributed by atoms with Crippen LogP contribution in [-0.2, 0) is 0 Å². The molecule has 1 unspecified atom stereocenters. The van der Waals surface area contributed by atoms with Crippen LogP contribution in [0.15, 0.2) is 0 Å². The van der Waals surface area contributed by atoms with Crippen molar-refractivity contribution in [2.45, 2.75) is 20.3 Å². The van der Waals surface area contributed by atoms with E-state index in [9.17, 15) is 4.39 Å². The third kappa shape index (κ3) is 6.16. The summed E-state index contributed by atoms with van der Waals surface area (Å²) in [5.41, 5.74) is 0. The van der Waals surface area contributed by atoms with Crippen LogP contribution in [0.4, 0.5) is 4.39 Å². The third-order valence-electron chi connectivity index (χ3n) is 1.32. The number of hydrogen-bond donors (Lipinski definition) is 0. The maximum absolute atomic E-state index is 11.5. The average molecular weight is 150 g/mol. The molecule has 0 aliphatic heterocycles. The predicted octanol–water partition coefficient (Wildman–Crippen LogP) is 2.74. The standard InChI is InChI=1S/C7H15FS/c1-3-7(2)6-9-5-4-8/h7H,3-6H2,1-2H3. The molecule has 0 spiro atoms. The van der Waals surface area contributed by atoms with Crippen molar-refractivity contribution in [3.8, 4) is 0 Å². The topological polar surface area (TPSA) is 0 Å². The van der Waals surface area contributed by atoms with Crippen molar-refractivity contribution in [3.63, 3.8) is 0 Å². The largest absolute Gasteiger partial charge is 0.250 e. The molecule has 0 heterocycles. The van der Waals surface area contributed by atoms with Gasteiger partial charge < -0.3 is 0 Å². The summed E-state index contributed by atoms with van der Waals surface area (Å²) in [4.78, 5) is 0. The molecule has 56 valence electrons. The SMILES string of the molecule is CCC(C)CSCCF. The molecule has 0 bridgehead atoms. The van der Waals surface area contributed by atoms with Gasteiger partial charge in [0, 0.05) is 5.75 Å². The second kappa shape index (κ2) is 6.40. The molecule has 0 saturated carbocycles. The quantitative estimate of drug-likeness (QED) is 0.543. The first-order chi connectivity index (χ1) is 4.31. The second-order valence-electron chi connectivity index (χ2n) is 2.28. The average Bonchev–Trinajstić information content (AvgIpc) is 1.89. The highest BCUT2D eigenvalue weighted by molar-refractivity contribution is 7.99. The Hall–Kier alpha value is 0.280. The van der Waals surface area contributed by atoms with Gasteiger partial charge in [0.05, 0.1) is 6.67 Å². The smallest absolute Gasteiger partial charge is 0.0984 e. The van der Waals surface area contributed by atoms with E-state index in [0.717, 1.165) is 11.7 Å². The van der Waals surface area contributed by atoms with Crippen molar-refractivity contribution in [3.05, 3.63) is 0 Å². The molecule has 0 fully saturated rings. The first-order valence-electron chi connectivity index (χ1n) is 3.45. The minimum Gasteiger partial charge on any atom is -0.250 e. The van der Waals surface area contributed by atoms with Gasteiger partial charge in [0.15, 0.2) is 0 Å². The Labute approximate surface area is 61.2 Å². The minimum atomic E-state index is -0.179. The van der Waals surface area contributed by atoms with E-state index in [0.29, 0.717) is 5.75 Å². The van der Waals surface area contributed by atoms with Gasteiger partial charge in [-0.3, -0.25) is 4.39 Å². The summed E-state index contributed by atoms with van der Waals surface area (Å²) in [7, 11) is 0. The van der Waals surface area contributed by atoms with Gasteiger partial charge in [-0.15, -0.1) is 0 Å². The molecule has 0 radical (unpaired) electrons. The third-order valence-corrected chi connectivity index (χ3v) is 2.57. The second-order valence-corrected chi connectivity index (χ2v) is 3.43. The fourth-order valence-electron chi connectivity index (χ4n) is 0.457. The molecule has 0 aliphatic carbocycles. The lowest BCUT2D eigenvalue weighted by molar-refractivity contribution is 0.532. The van der Waals surface area contributed by atoms with E-state index in [1.807, 2.05) is 0 Å². The molecule has 0 rings (SSSR count). The van der Waals surface area contributed by atoms with Crippen LogP contribution in [0.25, 0.3) is 0 Å². The van der Waals surface area contributed by atoms with E-state index in [1.165, 1.54) is 6.42 Å². The van der Waals surface area contributed by atoms with Crippen LogP contribution < -0.4 is 0 Å². The van der Waals surface area contributed by atoms with Crippen LogP contribution in [0.1, 0.15) is 20.3 Å². The molecule has 0 aromatic heterocycles. The molecule has 2 heteroatoms. The molecule has 0 aliphatic rings. The van der Waals surface area contributed by atoms with Crippen LogP contribution in [0.3, 0.4) is 0 Å². The lowest BCUT2D eigenvalue weighted by atomic mass is 10.2. The lowest BCUT2D eigenvalue weighted by Gasteiger charge is -2.04. The summed E-state index contributed by atoms with van der Waals surface area (Å²) in [5.74, 6) is 2.53. The van der Waals surface area contributed by atoms with Gasteiger partial charge in [0.1, 0.15) is 0 Å². The molecule has 0 aromatic rings. The van der Waals surface area contributed by atoms with Crippen molar-refractivity contribution in [2.75, 3.05) is 18.2 Å². The summed E-state index contributed by atoms with van der Waals surface area (Å²) < 4.78 is 11.5. The van der Waals surface area contributed by atoms with E-state index in [-0.39, 0.29) is 6.67 Å². The summed E-state index contributed by atoms with van der Waals surface area (Å²) in [6.07, 6.45) is 1.21. The molecule has 1 atom stereocenters. The Morgan fingerprint density at radius 3 is 2.67 bits per heavy atom. The Morgan fingerprint density at radius 1 is 1.56 bits per heavy atom. The number of thioether (sulfide) groups is 1. The van der Waals surface area contributed by atoms with Crippen LogP contribution >= 0.6 is 11.8 Å². The Balaban J connectivity index is 2.88. The Bertz CT molecular complexity index is 56.9.